The van der Waals surface area contributed by atoms with Crippen LogP contribution in [0.5, 0.6) is 0 Å². The molecule has 0 unspecified atom stereocenters. The first-order valence-corrected chi connectivity index (χ1v) is 7.28. The molecule has 2 N–H and O–H groups in total. The zero-order chi connectivity index (χ0) is 15.2. The number of nitrogens with zero attached hydrogens (tertiary/aromatic N) is 2. The van der Waals surface area contributed by atoms with E-state index in [9.17, 15) is 12.8 Å². The van der Waals surface area contributed by atoms with E-state index in [2.05, 4.69) is 0 Å². The third kappa shape index (κ3) is 3.90. The molecule has 110 valence electrons. The van der Waals surface area contributed by atoms with Gasteiger partial charge in [-0.3, -0.25) is 0 Å². The van der Waals surface area contributed by atoms with Gasteiger partial charge in [-0.05, 0) is 18.2 Å². The SMILES string of the molecule is COCCN(CCC#N)S(=O)(=O)c1ccc(N)cc1F. The Hall–Kier alpha value is -1.69. The molecule has 0 saturated carbocycles. The highest BCUT2D eigenvalue weighted by molar-refractivity contribution is 7.89. The fourth-order valence-corrected chi connectivity index (χ4v) is 3.06. The Labute approximate surface area is 117 Å². The molecule has 0 aliphatic heterocycles. The fourth-order valence-electron chi connectivity index (χ4n) is 1.59. The summed E-state index contributed by atoms with van der Waals surface area (Å²) in [5, 5.41) is 8.57. The molecule has 1 rings (SSSR count). The molecule has 1 aromatic carbocycles. The summed E-state index contributed by atoms with van der Waals surface area (Å²) in [4.78, 5) is -0.458. The van der Waals surface area contributed by atoms with Crippen LogP contribution >= 0.6 is 0 Å². The fraction of sp³-hybridized carbons (Fsp3) is 0.417. The van der Waals surface area contributed by atoms with Crippen LogP contribution in [0.25, 0.3) is 0 Å². The first-order valence-electron chi connectivity index (χ1n) is 5.84. The summed E-state index contributed by atoms with van der Waals surface area (Å²) in [7, 11) is -2.59. The third-order valence-electron chi connectivity index (χ3n) is 2.59. The minimum Gasteiger partial charge on any atom is -0.399 e. The normalized spacial score (nSPS) is 11.5. The number of sulfonamides is 1. The van der Waals surface area contributed by atoms with Crippen molar-refractivity contribution in [2.75, 3.05) is 32.5 Å². The monoisotopic (exact) mass is 301 g/mol. The molecule has 0 heterocycles. The van der Waals surface area contributed by atoms with Gasteiger partial charge in [0.25, 0.3) is 0 Å². The van der Waals surface area contributed by atoms with Crippen LogP contribution in [0.3, 0.4) is 0 Å². The van der Waals surface area contributed by atoms with Crippen LogP contribution < -0.4 is 5.73 Å². The van der Waals surface area contributed by atoms with E-state index in [1.807, 2.05) is 6.07 Å². The molecule has 0 fully saturated rings. The van der Waals surface area contributed by atoms with Gasteiger partial charge in [0.05, 0.1) is 12.7 Å². The molecule has 0 aromatic heterocycles. The summed E-state index contributed by atoms with van der Waals surface area (Å²) in [6.07, 6.45) is 0.0134. The molecule has 0 radical (unpaired) electrons. The maximum atomic E-state index is 13.8. The third-order valence-corrected chi connectivity index (χ3v) is 4.52. The molecule has 0 saturated heterocycles. The molecular formula is C12H16FN3O3S. The smallest absolute Gasteiger partial charge is 0.246 e. The average Bonchev–Trinajstić information content (AvgIpc) is 2.38. The second-order valence-corrected chi connectivity index (χ2v) is 5.90. The predicted molar refractivity (Wildman–Crippen MR) is 71.7 cm³/mol. The van der Waals surface area contributed by atoms with E-state index in [1.165, 1.54) is 13.2 Å². The van der Waals surface area contributed by atoms with Crippen molar-refractivity contribution in [3.8, 4) is 6.07 Å². The highest BCUT2D eigenvalue weighted by Gasteiger charge is 2.27. The molecule has 20 heavy (non-hydrogen) atoms. The lowest BCUT2D eigenvalue weighted by molar-refractivity contribution is 0.179. The molecule has 0 aliphatic rings. The summed E-state index contributed by atoms with van der Waals surface area (Å²) in [5.41, 5.74) is 5.54. The van der Waals surface area contributed by atoms with Gasteiger partial charge in [0.15, 0.2) is 0 Å². The number of hydrogen-bond donors (Lipinski definition) is 1. The number of hydrogen-bond acceptors (Lipinski definition) is 5. The minimum absolute atomic E-state index is 0.0134. The van der Waals surface area contributed by atoms with Crippen LogP contribution in [0.2, 0.25) is 0 Å². The van der Waals surface area contributed by atoms with Crippen LogP contribution in [0.1, 0.15) is 6.42 Å². The molecule has 0 bridgehead atoms. The van der Waals surface area contributed by atoms with E-state index in [4.69, 9.17) is 15.7 Å². The number of ether oxygens (including phenoxy) is 1. The molecule has 0 amide bonds. The Morgan fingerprint density at radius 2 is 2.15 bits per heavy atom. The van der Waals surface area contributed by atoms with E-state index in [0.717, 1.165) is 16.4 Å². The number of nitriles is 1. The Bertz CT molecular complexity index is 598. The number of anilines is 1. The number of benzene rings is 1. The number of halogens is 1. The van der Waals surface area contributed by atoms with Crippen molar-refractivity contribution in [1.29, 1.82) is 5.26 Å². The van der Waals surface area contributed by atoms with E-state index in [-0.39, 0.29) is 31.8 Å². The first-order chi connectivity index (χ1) is 9.43. The van der Waals surface area contributed by atoms with Crippen LogP contribution in [-0.2, 0) is 14.8 Å². The molecule has 0 spiro atoms. The lowest BCUT2D eigenvalue weighted by Gasteiger charge is -2.21. The number of methoxy groups -OCH3 is 1. The summed E-state index contributed by atoms with van der Waals surface area (Å²) >= 11 is 0. The Kier molecular flexibility index (Phi) is 5.88. The summed E-state index contributed by atoms with van der Waals surface area (Å²) < 4.78 is 44.3. The largest absolute Gasteiger partial charge is 0.399 e. The molecule has 8 heteroatoms. The van der Waals surface area contributed by atoms with Gasteiger partial charge in [-0.2, -0.15) is 9.57 Å². The van der Waals surface area contributed by atoms with Gasteiger partial charge in [0.1, 0.15) is 10.7 Å². The number of nitrogens with two attached hydrogens (primary N) is 1. The minimum atomic E-state index is -4.02. The topological polar surface area (TPSA) is 96.4 Å². The number of rotatable bonds is 7. The van der Waals surface area contributed by atoms with Gasteiger partial charge in [-0.15, -0.1) is 0 Å². The average molecular weight is 301 g/mol. The maximum absolute atomic E-state index is 13.8. The van der Waals surface area contributed by atoms with Crippen LogP contribution in [-0.4, -0.2) is 39.5 Å². The van der Waals surface area contributed by atoms with Gasteiger partial charge in [-0.25, -0.2) is 12.8 Å². The van der Waals surface area contributed by atoms with Gasteiger partial charge in [0.2, 0.25) is 10.0 Å². The standard InChI is InChI=1S/C12H16FN3O3S/c1-19-8-7-16(6-2-5-14)20(17,18)12-4-3-10(15)9-11(12)13/h3-4,9H,2,6-8,15H2,1H3. The molecule has 1 aromatic rings. The zero-order valence-electron chi connectivity index (χ0n) is 11.0. The van der Waals surface area contributed by atoms with Crippen molar-refractivity contribution in [2.45, 2.75) is 11.3 Å². The molecule has 6 nitrogen and oxygen atoms in total. The van der Waals surface area contributed by atoms with Crippen molar-refractivity contribution < 1.29 is 17.5 Å². The lowest BCUT2D eigenvalue weighted by Crippen LogP contribution is -2.35. The lowest BCUT2D eigenvalue weighted by atomic mass is 10.3. The van der Waals surface area contributed by atoms with Crippen molar-refractivity contribution in [3.05, 3.63) is 24.0 Å². The van der Waals surface area contributed by atoms with Gasteiger partial charge in [0, 0.05) is 32.3 Å². The highest BCUT2D eigenvalue weighted by atomic mass is 32.2. The van der Waals surface area contributed by atoms with Crippen LogP contribution in [0, 0.1) is 17.1 Å². The van der Waals surface area contributed by atoms with Crippen molar-refractivity contribution >= 4 is 15.7 Å². The second-order valence-electron chi connectivity index (χ2n) is 3.99. The maximum Gasteiger partial charge on any atom is 0.246 e. The first kappa shape index (κ1) is 16.4. The van der Waals surface area contributed by atoms with E-state index < -0.39 is 20.7 Å². The molecular weight excluding hydrogens is 285 g/mol. The van der Waals surface area contributed by atoms with Gasteiger partial charge in [-0.1, -0.05) is 0 Å². The Balaban J connectivity index is 3.11. The Morgan fingerprint density at radius 1 is 1.45 bits per heavy atom. The molecule has 0 aliphatic carbocycles. The van der Waals surface area contributed by atoms with Gasteiger partial charge >= 0.3 is 0 Å². The van der Waals surface area contributed by atoms with E-state index >= 15 is 0 Å². The Morgan fingerprint density at radius 3 is 2.70 bits per heavy atom. The predicted octanol–water partition coefficient (Wildman–Crippen LogP) is 0.959. The van der Waals surface area contributed by atoms with Crippen molar-refractivity contribution in [3.63, 3.8) is 0 Å². The highest BCUT2D eigenvalue weighted by Crippen LogP contribution is 2.21. The molecule has 0 atom stereocenters. The van der Waals surface area contributed by atoms with Crippen molar-refractivity contribution in [1.82, 2.24) is 4.31 Å². The zero-order valence-corrected chi connectivity index (χ0v) is 11.9. The van der Waals surface area contributed by atoms with Crippen molar-refractivity contribution in [2.24, 2.45) is 0 Å². The summed E-state index contributed by atoms with van der Waals surface area (Å²) in [6.45, 7) is 0.178. The van der Waals surface area contributed by atoms with E-state index in [1.54, 1.807) is 0 Å². The quantitative estimate of drug-likeness (QED) is 0.757. The van der Waals surface area contributed by atoms with E-state index in [0.29, 0.717) is 0 Å². The van der Waals surface area contributed by atoms with Crippen LogP contribution in [0.4, 0.5) is 10.1 Å². The van der Waals surface area contributed by atoms with Crippen LogP contribution in [0.15, 0.2) is 23.1 Å². The summed E-state index contributed by atoms with van der Waals surface area (Å²) in [6, 6.07) is 5.24. The number of nitrogen functional groups attached to an aromatic ring is 1. The van der Waals surface area contributed by atoms with Gasteiger partial charge < -0.3 is 10.5 Å². The second kappa shape index (κ2) is 7.19. The summed E-state index contributed by atoms with van der Waals surface area (Å²) in [5.74, 6) is -0.913.